The van der Waals surface area contributed by atoms with Crippen LogP contribution in [0.4, 0.5) is 0 Å². The van der Waals surface area contributed by atoms with Gasteiger partial charge in [0.15, 0.2) is 0 Å². The molecule has 0 aromatic carbocycles. The van der Waals surface area contributed by atoms with Crippen LogP contribution in [-0.4, -0.2) is 55.6 Å². The van der Waals surface area contributed by atoms with E-state index in [-0.39, 0.29) is 5.54 Å². The molecule has 3 nitrogen and oxygen atoms in total. The Kier molecular flexibility index (Phi) is 5.05. The highest BCUT2D eigenvalue weighted by Crippen LogP contribution is 2.30. The number of likely N-dealkylation sites (tertiary alicyclic amines) is 1. The van der Waals surface area contributed by atoms with Gasteiger partial charge in [0.1, 0.15) is 0 Å². The van der Waals surface area contributed by atoms with Crippen molar-refractivity contribution in [3.8, 4) is 0 Å². The average Bonchev–Trinajstić information content (AvgIpc) is 2.78. The maximum absolute atomic E-state index is 6.43. The molecule has 2 rings (SSSR count). The Balaban J connectivity index is 1.64. The molecule has 0 unspecified atom stereocenters. The summed E-state index contributed by atoms with van der Waals surface area (Å²) in [6.45, 7) is 5.01. The quantitative estimate of drug-likeness (QED) is 0.812. The summed E-state index contributed by atoms with van der Waals surface area (Å²) in [5.74, 6) is 0.906. The van der Waals surface area contributed by atoms with Crippen molar-refractivity contribution in [1.29, 1.82) is 0 Å². The summed E-state index contributed by atoms with van der Waals surface area (Å²) in [6, 6.07) is 0. The molecule has 1 saturated heterocycles. The lowest BCUT2D eigenvalue weighted by molar-refractivity contribution is 0.169. The van der Waals surface area contributed by atoms with E-state index in [1.54, 1.807) is 0 Å². The summed E-state index contributed by atoms with van der Waals surface area (Å²) in [6.07, 6.45) is 9.10. The highest BCUT2D eigenvalue weighted by Gasteiger charge is 2.29. The van der Waals surface area contributed by atoms with Gasteiger partial charge in [-0.3, -0.25) is 0 Å². The first-order valence-electron chi connectivity index (χ1n) is 7.73. The molecular formula is C15H31N3. The van der Waals surface area contributed by atoms with Gasteiger partial charge in [-0.1, -0.05) is 12.8 Å². The zero-order chi connectivity index (χ0) is 13.0. The third-order valence-electron chi connectivity index (χ3n) is 5.00. The van der Waals surface area contributed by atoms with E-state index in [0.29, 0.717) is 0 Å². The zero-order valence-corrected chi connectivity index (χ0v) is 12.3. The molecule has 1 saturated carbocycles. The van der Waals surface area contributed by atoms with Gasteiger partial charge in [0.25, 0.3) is 0 Å². The van der Waals surface area contributed by atoms with Crippen LogP contribution >= 0.6 is 0 Å². The molecule has 0 amide bonds. The fourth-order valence-electron chi connectivity index (χ4n) is 3.52. The molecule has 106 valence electrons. The summed E-state index contributed by atoms with van der Waals surface area (Å²) in [5, 5.41) is 0. The molecule has 1 aliphatic carbocycles. The summed E-state index contributed by atoms with van der Waals surface area (Å²) >= 11 is 0. The molecule has 1 aliphatic heterocycles. The van der Waals surface area contributed by atoms with Crippen molar-refractivity contribution in [3.05, 3.63) is 0 Å². The highest BCUT2D eigenvalue weighted by molar-refractivity contribution is 4.89. The highest BCUT2D eigenvalue weighted by atomic mass is 15.1. The minimum absolute atomic E-state index is 0.168. The van der Waals surface area contributed by atoms with E-state index in [1.807, 2.05) is 0 Å². The molecule has 18 heavy (non-hydrogen) atoms. The molecule has 2 fully saturated rings. The van der Waals surface area contributed by atoms with Crippen LogP contribution in [0.15, 0.2) is 0 Å². The van der Waals surface area contributed by atoms with Gasteiger partial charge in [0.05, 0.1) is 0 Å². The number of piperidine rings is 1. The standard InChI is InChI=1S/C15H31N3/c1-17-10-5-14(6-11-17)13-18(2)12-9-15(16)7-3-4-8-15/h14H,3-13,16H2,1-2H3. The van der Waals surface area contributed by atoms with E-state index in [0.717, 1.165) is 5.92 Å². The Morgan fingerprint density at radius 2 is 1.83 bits per heavy atom. The number of nitrogens with two attached hydrogens (primary N) is 1. The van der Waals surface area contributed by atoms with Crippen molar-refractivity contribution in [2.45, 2.75) is 50.5 Å². The van der Waals surface area contributed by atoms with Gasteiger partial charge < -0.3 is 15.5 Å². The van der Waals surface area contributed by atoms with Gasteiger partial charge in [-0.2, -0.15) is 0 Å². The number of hydrogen-bond donors (Lipinski definition) is 1. The zero-order valence-electron chi connectivity index (χ0n) is 12.3. The summed E-state index contributed by atoms with van der Waals surface area (Å²) < 4.78 is 0. The molecule has 2 aliphatic rings. The normalized spacial score (nSPS) is 26.0. The largest absolute Gasteiger partial charge is 0.325 e. The van der Waals surface area contributed by atoms with Crippen LogP contribution < -0.4 is 5.73 Å². The Bertz CT molecular complexity index is 240. The number of hydrogen-bond acceptors (Lipinski definition) is 3. The second-order valence-electron chi connectivity index (χ2n) is 6.83. The molecule has 0 aromatic rings. The SMILES string of the molecule is CN1CCC(CN(C)CCC2(N)CCCC2)CC1. The van der Waals surface area contributed by atoms with Crippen LogP contribution in [0, 0.1) is 5.92 Å². The molecule has 0 bridgehead atoms. The van der Waals surface area contributed by atoms with Gasteiger partial charge in [-0.25, -0.2) is 0 Å². The van der Waals surface area contributed by atoms with Crippen LogP contribution in [0.25, 0.3) is 0 Å². The van der Waals surface area contributed by atoms with Gasteiger partial charge in [-0.15, -0.1) is 0 Å². The second kappa shape index (κ2) is 6.36. The van der Waals surface area contributed by atoms with Crippen LogP contribution in [0.1, 0.15) is 44.9 Å². The fourth-order valence-corrected chi connectivity index (χ4v) is 3.52. The minimum atomic E-state index is 0.168. The van der Waals surface area contributed by atoms with Gasteiger partial charge in [-0.05, 0) is 71.8 Å². The molecule has 0 spiro atoms. The van der Waals surface area contributed by atoms with Crippen LogP contribution in [0.5, 0.6) is 0 Å². The lowest BCUT2D eigenvalue weighted by Crippen LogP contribution is -2.41. The van der Waals surface area contributed by atoms with E-state index in [2.05, 4.69) is 23.9 Å². The Morgan fingerprint density at radius 1 is 1.22 bits per heavy atom. The van der Waals surface area contributed by atoms with Crippen molar-refractivity contribution >= 4 is 0 Å². The van der Waals surface area contributed by atoms with E-state index < -0.39 is 0 Å². The van der Waals surface area contributed by atoms with Gasteiger partial charge in [0.2, 0.25) is 0 Å². The van der Waals surface area contributed by atoms with Gasteiger partial charge >= 0.3 is 0 Å². The molecule has 0 radical (unpaired) electrons. The van der Waals surface area contributed by atoms with E-state index >= 15 is 0 Å². The lowest BCUT2D eigenvalue weighted by atomic mass is 9.93. The van der Waals surface area contributed by atoms with Crippen LogP contribution in [0.3, 0.4) is 0 Å². The first kappa shape index (κ1) is 14.3. The van der Waals surface area contributed by atoms with Gasteiger partial charge in [0, 0.05) is 12.1 Å². The molecule has 0 atom stereocenters. The molecule has 2 N–H and O–H groups in total. The summed E-state index contributed by atoms with van der Waals surface area (Å²) in [5.41, 5.74) is 6.59. The monoisotopic (exact) mass is 253 g/mol. The molecule has 0 aromatic heterocycles. The van der Waals surface area contributed by atoms with Crippen LogP contribution in [-0.2, 0) is 0 Å². The molecule has 1 heterocycles. The Morgan fingerprint density at radius 3 is 2.44 bits per heavy atom. The predicted molar refractivity (Wildman–Crippen MR) is 77.7 cm³/mol. The third kappa shape index (κ3) is 4.22. The molecule has 3 heteroatoms. The average molecular weight is 253 g/mol. The van der Waals surface area contributed by atoms with Crippen molar-refractivity contribution in [2.75, 3.05) is 40.3 Å². The first-order chi connectivity index (χ1) is 8.57. The fraction of sp³-hybridized carbons (Fsp3) is 1.00. The van der Waals surface area contributed by atoms with Crippen molar-refractivity contribution in [1.82, 2.24) is 9.80 Å². The maximum Gasteiger partial charge on any atom is 0.0166 e. The van der Waals surface area contributed by atoms with E-state index in [1.165, 1.54) is 71.1 Å². The summed E-state index contributed by atoms with van der Waals surface area (Å²) in [4.78, 5) is 4.97. The topological polar surface area (TPSA) is 32.5 Å². The van der Waals surface area contributed by atoms with Crippen molar-refractivity contribution in [2.24, 2.45) is 11.7 Å². The van der Waals surface area contributed by atoms with Crippen molar-refractivity contribution in [3.63, 3.8) is 0 Å². The Labute approximate surface area is 113 Å². The third-order valence-corrected chi connectivity index (χ3v) is 5.00. The number of rotatable bonds is 5. The molecular weight excluding hydrogens is 222 g/mol. The maximum atomic E-state index is 6.43. The second-order valence-corrected chi connectivity index (χ2v) is 6.83. The first-order valence-corrected chi connectivity index (χ1v) is 7.73. The lowest BCUT2D eigenvalue weighted by Gasteiger charge is -2.33. The van der Waals surface area contributed by atoms with E-state index in [4.69, 9.17) is 5.73 Å². The van der Waals surface area contributed by atoms with E-state index in [9.17, 15) is 0 Å². The summed E-state index contributed by atoms with van der Waals surface area (Å²) in [7, 11) is 4.51. The smallest absolute Gasteiger partial charge is 0.0166 e. The Hall–Kier alpha value is -0.120. The number of nitrogens with zero attached hydrogens (tertiary/aromatic N) is 2. The van der Waals surface area contributed by atoms with Crippen molar-refractivity contribution < 1.29 is 0 Å². The van der Waals surface area contributed by atoms with Crippen LogP contribution in [0.2, 0.25) is 0 Å². The minimum Gasteiger partial charge on any atom is -0.325 e. The predicted octanol–water partition coefficient (Wildman–Crippen LogP) is 1.92.